The normalized spacial score (nSPS) is 13.0. The number of hydrogen-bond donors (Lipinski definition) is 1. The van der Waals surface area contributed by atoms with Crippen molar-refractivity contribution in [3.8, 4) is 11.4 Å². The zero-order valence-electron chi connectivity index (χ0n) is 18.5. The summed E-state index contributed by atoms with van der Waals surface area (Å²) < 4.78 is 2.08. The third-order valence-electron chi connectivity index (χ3n) is 5.45. The van der Waals surface area contributed by atoms with Gasteiger partial charge in [-0.3, -0.25) is 9.59 Å². The van der Waals surface area contributed by atoms with Gasteiger partial charge in [-0.25, -0.2) is 0 Å². The number of amides is 2. The second kappa shape index (κ2) is 10.9. The fourth-order valence-electron chi connectivity index (χ4n) is 3.77. The third-order valence-corrected chi connectivity index (χ3v) is 6.65. The van der Waals surface area contributed by atoms with Crippen molar-refractivity contribution < 1.29 is 9.59 Å². The molecule has 0 aliphatic carbocycles. The molecule has 1 aliphatic heterocycles. The van der Waals surface area contributed by atoms with Gasteiger partial charge in [-0.1, -0.05) is 61.7 Å². The maximum absolute atomic E-state index is 13.1. The molecule has 0 spiro atoms. The molecule has 0 fully saturated rings. The molecule has 0 saturated carbocycles. The molecule has 7 nitrogen and oxygen atoms in total. The predicted octanol–water partition coefficient (Wildman–Crippen LogP) is 5.26. The maximum atomic E-state index is 13.1. The number of benzene rings is 2. The van der Waals surface area contributed by atoms with Crippen LogP contribution in [-0.4, -0.2) is 38.9 Å². The van der Waals surface area contributed by atoms with Gasteiger partial charge >= 0.3 is 0 Å². The Kier molecular flexibility index (Phi) is 7.67. The smallest absolute Gasteiger partial charge is 0.244 e. The van der Waals surface area contributed by atoms with Gasteiger partial charge in [0.15, 0.2) is 11.0 Å². The number of aromatic nitrogens is 3. The second-order valence-corrected chi connectivity index (χ2v) is 9.24. The number of unbranched alkanes of at least 4 members (excludes halogenated alkanes) is 3. The summed E-state index contributed by atoms with van der Waals surface area (Å²) in [7, 11) is 0. The molecule has 0 atom stereocenters. The lowest BCUT2D eigenvalue weighted by Crippen LogP contribution is -2.43. The number of halogens is 1. The van der Waals surface area contributed by atoms with Gasteiger partial charge < -0.3 is 14.8 Å². The molecule has 0 unspecified atom stereocenters. The van der Waals surface area contributed by atoms with E-state index in [4.69, 9.17) is 11.6 Å². The van der Waals surface area contributed by atoms with E-state index in [1.54, 1.807) is 6.07 Å². The van der Waals surface area contributed by atoms with Crippen molar-refractivity contribution in [2.24, 2.45) is 0 Å². The number of nitrogens with one attached hydrogen (secondary N) is 1. The number of rotatable bonds is 9. The highest BCUT2D eigenvalue weighted by Gasteiger charge is 2.27. The van der Waals surface area contributed by atoms with Crippen molar-refractivity contribution in [1.29, 1.82) is 0 Å². The van der Waals surface area contributed by atoms with E-state index < -0.39 is 0 Å². The van der Waals surface area contributed by atoms with Crippen LogP contribution in [0.1, 0.15) is 32.6 Å². The molecule has 33 heavy (non-hydrogen) atoms. The summed E-state index contributed by atoms with van der Waals surface area (Å²) in [5.74, 6) is 0.586. The molecule has 2 heterocycles. The number of carbonyl (C=O) groups is 2. The molecule has 1 aromatic heterocycles. The fourth-order valence-corrected chi connectivity index (χ4v) is 4.73. The molecule has 172 valence electrons. The van der Waals surface area contributed by atoms with E-state index in [-0.39, 0.29) is 24.1 Å². The first-order chi connectivity index (χ1) is 16.1. The second-order valence-electron chi connectivity index (χ2n) is 7.86. The minimum atomic E-state index is -0.198. The van der Waals surface area contributed by atoms with Crippen molar-refractivity contribution in [1.82, 2.24) is 14.8 Å². The molecular weight excluding hydrogens is 458 g/mol. The number of hydrogen-bond acceptors (Lipinski definition) is 5. The van der Waals surface area contributed by atoms with E-state index in [0.29, 0.717) is 21.6 Å². The lowest BCUT2D eigenvalue weighted by atomic mass is 10.2. The van der Waals surface area contributed by atoms with Gasteiger partial charge in [-0.2, -0.15) is 0 Å². The Hall–Kier alpha value is -2.84. The average Bonchev–Trinajstić information content (AvgIpc) is 3.22. The molecule has 2 aromatic carbocycles. The van der Waals surface area contributed by atoms with Crippen LogP contribution < -0.4 is 10.2 Å². The number of thioether (sulfide) groups is 1. The lowest BCUT2D eigenvalue weighted by molar-refractivity contribution is -0.120. The summed E-state index contributed by atoms with van der Waals surface area (Å²) in [6.07, 6.45) is 4.47. The van der Waals surface area contributed by atoms with Gasteiger partial charge in [0, 0.05) is 17.1 Å². The Morgan fingerprint density at radius 1 is 1.09 bits per heavy atom. The molecule has 3 aromatic rings. The van der Waals surface area contributed by atoms with Gasteiger partial charge in [0.1, 0.15) is 6.54 Å². The maximum Gasteiger partial charge on any atom is 0.244 e. The lowest BCUT2D eigenvalue weighted by Gasteiger charge is -2.29. The van der Waals surface area contributed by atoms with Gasteiger partial charge in [-0.05, 0) is 42.8 Å². The topological polar surface area (TPSA) is 80.1 Å². The van der Waals surface area contributed by atoms with Crippen molar-refractivity contribution in [3.63, 3.8) is 0 Å². The van der Waals surface area contributed by atoms with Crippen molar-refractivity contribution in [3.05, 3.63) is 53.6 Å². The van der Waals surface area contributed by atoms with Crippen LogP contribution in [0, 0.1) is 0 Å². The van der Waals surface area contributed by atoms with Gasteiger partial charge in [0.2, 0.25) is 11.8 Å². The van der Waals surface area contributed by atoms with Crippen LogP contribution in [0.25, 0.3) is 11.4 Å². The molecule has 0 bridgehead atoms. The molecule has 2 amide bonds. The van der Waals surface area contributed by atoms with Crippen LogP contribution in [0.15, 0.2) is 53.7 Å². The summed E-state index contributed by atoms with van der Waals surface area (Å²) >= 11 is 7.40. The SMILES string of the molecule is CCCCCCn1c(SCC(=O)N2CC(=O)Nc3ccccc32)nnc1-c1ccc(Cl)cc1. The average molecular weight is 484 g/mol. The molecule has 1 aliphatic rings. The monoisotopic (exact) mass is 483 g/mol. The van der Waals surface area contributed by atoms with E-state index in [1.165, 1.54) is 23.1 Å². The highest BCUT2D eigenvalue weighted by molar-refractivity contribution is 7.99. The molecule has 0 radical (unpaired) electrons. The zero-order valence-corrected chi connectivity index (χ0v) is 20.0. The van der Waals surface area contributed by atoms with E-state index in [9.17, 15) is 9.59 Å². The number of para-hydroxylation sites is 2. The molecular formula is C24H26ClN5O2S. The largest absolute Gasteiger partial charge is 0.323 e. The van der Waals surface area contributed by atoms with E-state index in [0.717, 1.165) is 37.2 Å². The van der Waals surface area contributed by atoms with Crippen LogP contribution in [0.4, 0.5) is 11.4 Å². The molecule has 0 saturated heterocycles. The Morgan fingerprint density at radius 3 is 2.67 bits per heavy atom. The summed E-state index contributed by atoms with van der Waals surface area (Å²) in [6.45, 7) is 2.97. The van der Waals surface area contributed by atoms with Crippen molar-refractivity contribution in [2.45, 2.75) is 44.3 Å². The van der Waals surface area contributed by atoms with Gasteiger partial charge in [0.25, 0.3) is 0 Å². The fraction of sp³-hybridized carbons (Fsp3) is 0.333. The predicted molar refractivity (Wildman–Crippen MR) is 133 cm³/mol. The van der Waals surface area contributed by atoms with Crippen LogP contribution >= 0.6 is 23.4 Å². The Bertz CT molecular complexity index is 1130. The van der Waals surface area contributed by atoms with Gasteiger partial charge in [-0.15, -0.1) is 10.2 Å². The minimum Gasteiger partial charge on any atom is -0.323 e. The Balaban J connectivity index is 1.52. The van der Waals surface area contributed by atoms with Crippen LogP contribution in [-0.2, 0) is 16.1 Å². The standard InChI is InChI=1S/C24H26ClN5O2S/c1-2-3-4-7-14-29-23(17-10-12-18(25)13-11-17)27-28-24(29)33-16-22(32)30-15-21(31)26-19-8-5-6-9-20(19)30/h5-6,8-13H,2-4,7,14-16H2,1H3,(H,26,31). The minimum absolute atomic E-state index is 0.0101. The first-order valence-corrected chi connectivity index (χ1v) is 12.4. The van der Waals surface area contributed by atoms with Gasteiger partial charge in [0.05, 0.1) is 17.1 Å². The van der Waals surface area contributed by atoms with Crippen molar-refractivity contribution in [2.75, 3.05) is 22.5 Å². The van der Waals surface area contributed by atoms with E-state index in [2.05, 4.69) is 27.0 Å². The van der Waals surface area contributed by atoms with Crippen LogP contribution in [0.2, 0.25) is 5.02 Å². The Morgan fingerprint density at radius 2 is 1.88 bits per heavy atom. The first-order valence-electron chi connectivity index (χ1n) is 11.1. The zero-order chi connectivity index (χ0) is 23.2. The summed E-state index contributed by atoms with van der Waals surface area (Å²) in [6, 6.07) is 14.9. The number of fused-ring (bicyclic) bond motifs is 1. The summed E-state index contributed by atoms with van der Waals surface area (Å²) in [5.41, 5.74) is 2.30. The Labute approximate surface area is 202 Å². The number of carbonyl (C=O) groups excluding carboxylic acids is 2. The van der Waals surface area contributed by atoms with E-state index >= 15 is 0 Å². The first kappa shape index (κ1) is 23.3. The van der Waals surface area contributed by atoms with Crippen LogP contribution in [0.3, 0.4) is 0 Å². The molecule has 1 N–H and O–H groups in total. The highest BCUT2D eigenvalue weighted by atomic mass is 35.5. The summed E-state index contributed by atoms with van der Waals surface area (Å²) in [4.78, 5) is 26.7. The van der Waals surface area contributed by atoms with Crippen LogP contribution in [0.5, 0.6) is 0 Å². The quantitative estimate of drug-likeness (QED) is 0.332. The highest BCUT2D eigenvalue weighted by Crippen LogP contribution is 2.31. The molecule has 4 rings (SSSR count). The summed E-state index contributed by atoms with van der Waals surface area (Å²) in [5, 5.41) is 13.0. The van der Waals surface area contributed by atoms with Crippen molar-refractivity contribution >= 4 is 46.6 Å². The van der Waals surface area contributed by atoms with E-state index in [1.807, 2.05) is 42.5 Å². The number of anilines is 2. The third kappa shape index (κ3) is 5.57. The number of nitrogens with zero attached hydrogens (tertiary/aromatic N) is 4. The molecule has 9 heteroatoms.